The van der Waals surface area contributed by atoms with Gasteiger partial charge in [-0.25, -0.2) is 4.39 Å². The van der Waals surface area contributed by atoms with Crippen molar-refractivity contribution in [2.75, 3.05) is 6.54 Å². The summed E-state index contributed by atoms with van der Waals surface area (Å²) < 4.78 is 13.2. The van der Waals surface area contributed by atoms with Crippen molar-refractivity contribution in [1.29, 1.82) is 0 Å². The summed E-state index contributed by atoms with van der Waals surface area (Å²) in [5.74, 6) is 0.389. The lowest BCUT2D eigenvalue weighted by Crippen LogP contribution is -2.34. The summed E-state index contributed by atoms with van der Waals surface area (Å²) in [6.07, 6.45) is 6.65. The predicted molar refractivity (Wildman–Crippen MR) is 88.2 cm³/mol. The molecule has 0 saturated heterocycles. The summed E-state index contributed by atoms with van der Waals surface area (Å²) >= 11 is 5.88. The fraction of sp³-hybridized carbons (Fsp3) is 0.667. The van der Waals surface area contributed by atoms with Crippen molar-refractivity contribution in [2.45, 2.75) is 58.9 Å². The van der Waals surface area contributed by atoms with Gasteiger partial charge in [-0.15, -0.1) is 0 Å². The maximum Gasteiger partial charge on any atom is 0.141 e. The second-order valence-corrected chi connectivity index (χ2v) is 7.49. The van der Waals surface area contributed by atoms with Crippen molar-refractivity contribution >= 4 is 11.6 Å². The second kappa shape index (κ2) is 7.11. The van der Waals surface area contributed by atoms with Gasteiger partial charge in [0.1, 0.15) is 5.82 Å². The first kappa shape index (κ1) is 16.8. The van der Waals surface area contributed by atoms with Crippen molar-refractivity contribution in [3.8, 4) is 0 Å². The molecule has 0 bridgehead atoms. The number of halogens is 2. The summed E-state index contributed by atoms with van der Waals surface area (Å²) in [5.41, 5.74) is 1.51. The van der Waals surface area contributed by atoms with Gasteiger partial charge in [0.25, 0.3) is 0 Å². The first-order valence-electron chi connectivity index (χ1n) is 8.10. The SMILES string of the molecule is CC(C)CC1(CNC(C)c2ccc(F)c(Cl)c2)CCCC1. The Bertz CT molecular complexity index is 466. The highest BCUT2D eigenvalue weighted by atomic mass is 35.5. The van der Waals surface area contributed by atoms with E-state index in [9.17, 15) is 4.39 Å². The van der Waals surface area contributed by atoms with Crippen LogP contribution in [0.4, 0.5) is 4.39 Å². The van der Waals surface area contributed by atoms with Gasteiger partial charge < -0.3 is 5.32 Å². The molecule has 1 aromatic carbocycles. The molecule has 0 radical (unpaired) electrons. The maximum absolute atomic E-state index is 13.2. The van der Waals surface area contributed by atoms with Crippen molar-refractivity contribution in [1.82, 2.24) is 5.32 Å². The van der Waals surface area contributed by atoms with E-state index in [0.29, 0.717) is 5.41 Å². The van der Waals surface area contributed by atoms with Crippen LogP contribution in [-0.2, 0) is 0 Å². The van der Waals surface area contributed by atoms with Crippen molar-refractivity contribution in [3.63, 3.8) is 0 Å². The highest BCUT2D eigenvalue weighted by Crippen LogP contribution is 2.43. The topological polar surface area (TPSA) is 12.0 Å². The summed E-state index contributed by atoms with van der Waals surface area (Å²) in [4.78, 5) is 0. The van der Waals surface area contributed by atoms with Crippen molar-refractivity contribution in [3.05, 3.63) is 34.6 Å². The van der Waals surface area contributed by atoms with E-state index in [0.717, 1.165) is 18.0 Å². The molecule has 1 aromatic rings. The molecule has 21 heavy (non-hydrogen) atoms. The van der Waals surface area contributed by atoms with E-state index >= 15 is 0 Å². The van der Waals surface area contributed by atoms with Crippen LogP contribution in [-0.4, -0.2) is 6.54 Å². The Kier molecular flexibility index (Phi) is 5.67. The third kappa shape index (κ3) is 4.43. The van der Waals surface area contributed by atoms with Crippen LogP contribution in [0.15, 0.2) is 18.2 Å². The Morgan fingerprint density at radius 2 is 1.90 bits per heavy atom. The highest BCUT2D eigenvalue weighted by molar-refractivity contribution is 6.30. The Morgan fingerprint density at radius 1 is 1.24 bits per heavy atom. The zero-order chi connectivity index (χ0) is 15.5. The lowest BCUT2D eigenvalue weighted by molar-refractivity contribution is 0.217. The Balaban J connectivity index is 1.98. The van der Waals surface area contributed by atoms with Crippen molar-refractivity contribution < 1.29 is 4.39 Å². The molecule has 1 unspecified atom stereocenters. The Hall–Kier alpha value is -0.600. The minimum Gasteiger partial charge on any atom is -0.310 e. The van der Waals surface area contributed by atoms with Gasteiger partial charge in [-0.2, -0.15) is 0 Å². The molecule has 0 heterocycles. The largest absolute Gasteiger partial charge is 0.310 e. The molecule has 0 amide bonds. The van der Waals surface area contributed by atoms with Crippen LogP contribution in [0.25, 0.3) is 0 Å². The normalized spacial score (nSPS) is 19.1. The molecule has 2 rings (SSSR count). The first-order chi connectivity index (χ1) is 9.92. The number of benzene rings is 1. The minimum atomic E-state index is -0.348. The molecule has 0 aliphatic heterocycles. The molecule has 118 valence electrons. The van der Waals surface area contributed by atoms with Gasteiger partial charge in [-0.1, -0.05) is 44.4 Å². The zero-order valence-corrected chi connectivity index (χ0v) is 14.1. The maximum atomic E-state index is 13.2. The molecular formula is C18H27ClFN. The lowest BCUT2D eigenvalue weighted by Gasteiger charge is -2.33. The van der Waals surface area contributed by atoms with Gasteiger partial charge >= 0.3 is 0 Å². The fourth-order valence-electron chi connectivity index (χ4n) is 3.71. The van der Waals surface area contributed by atoms with Crippen molar-refractivity contribution in [2.24, 2.45) is 11.3 Å². The first-order valence-corrected chi connectivity index (χ1v) is 8.48. The van der Waals surface area contributed by atoms with Gasteiger partial charge in [-0.05, 0) is 55.2 Å². The molecule has 1 saturated carbocycles. The van der Waals surface area contributed by atoms with Gasteiger partial charge in [-0.3, -0.25) is 0 Å². The highest BCUT2D eigenvalue weighted by Gasteiger charge is 2.34. The number of hydrogen-bond acceptors (Lipinski definition) is 1. The van der Waals surface area contributed by atoms with Crippen LogP contribution in [0.1, 0.15) is 64.5 Å². The van der Waals surface area contributed by atoms with E-state index in [1.165, 1.54) is 38.2 Å². The monoisotopic (exact) mass is 311 g/mol. The van der Waals surface area contributed by atoms with Crippen LogP contribution in [0.3, 0.4) is 0 Å². The number of nitrogens with one attached hydrogen (secondary N) is 1. The Morgan fingerprint density at radius 3 is 2.48 bits per heavy atom. The molecule has 1 nitrogen and oxygen atoms in total. The van der Waals surface area contributed by atoms with E-state index < -0.39 is 0 Å². The summed E-state index contributed by atoms with van der Waals surface area (Å²) in [6.45, 7) is 7.79. The molecule has 0 spiro atoms. The number of rotatable bonds is 6. The van der Waals surface area contributed by atoms with E-state index in [2.05, 4.69) is 26.1 Å². The molecule has 1 aliphatic rings. The minimum absolute atomic E-state index is 0.202. The molecule has 1 aliphatic carbocycles. The molecular weight excluding hydrogens is 285 g/mol. The van der Waals surface area contributed by atoms with E-state index in [1.807, 2.05) is 6.07 Å². The quantitative estimate of drug-likeness (QED) is 0.706. The van der Waals surface area contributed by atoms with Gasteiger partial charge in [0.2, 0.25) is 0 Å². The van der Waals surface area contributed by atoms with Gasteiger partial charge in [0.05, 0.1) is 5.02 Å². The molecule has 1 fully saturated rings. The predicted octanol–water partition coefficient (Wildman–Crippen LogP) is 5.74. The van der Waals surface area contributed by atoms with E-state index in [1.54, 1.807) is 6.07 Å². The average molecular weight is 312 g/mol. The third-order valence-corrected chi connectivity index (χ3v) is 5.02. The fourth-order valence-corrected chi connectivity index (χ4v) is 3.90. The molecule has 1 N–H and O–H groups in total. The van der Waals surface area contributed by atoms with Crippen LogP contribution >= 0.6 is 11.6 Å². The van der Waals surface area contributed by atoms with Crippen LogP contribution in [0.2, 0.25) is 5.02 Å². The summed E-state index contributed by atoms with van der Waals surface area (Å²) in [7, 11) is 0. The lowest BCUT2D eigenvalue weighted by atomic mass is 9.78. The second-order valence-electron chi connectivity index (χ2n) is 7.08. The third-order valence-electron chi connectivity index (χ3n) is 4.73. The van der Waals surface area contributed by atoms with E-state index in [4.69, 9.17) is 11.6 Å². The molecule has 0 aromatic heterocycles. The molecule has 1 atom stereocenters. The Labute approximate surface area is 133 Å². The van der Waals surface area contributed by atoms with Crippen LogP contribution < -0.4 is 5.32 Å². The average Bonchev–Trinajstić information content (AvgIpc) is 2.87. The summed E-state index contributed by atoms with van der Waals surface area (Å²) in [5, 5.41) is 3.86. The smallest absolute Gasteiger partial charge is 0.141 e. The molecule has 3 heteroatoms. The summed E-state index contributed by atoms with van der Waals surface area (Å²) in [6, 6.07) is 5.21. The van der Waals surface area contributed by atoms with Gasteiger partial charge in [0, 0.05) is 12.6 Å². The van der Waals surface area contributed by atoms with Gasteiger partial charge in [0.15, 0.2) is 0 Å². The van der Waals surface area contributed by atoms with Crippen LogP contribution in [0.5, 0.6) is 0 Å². The number of hydrogen-bond donors (Lipinski definition) is 1. The zero-order valence-electron chi connectivity index (χ0n) is 13.4. The van der Waals surface area contributed by atoms with Crippen LogP contribution in [0, 0.1) is 17.2 Å². The standard InChI is InChI=1S/C18H27ClFN/c1-13(2)11-18(8-4-5-9-18)12-21-14(3)15-6-7-17(20)16(19)10-15/h6-7,10,13-14,21H,4-5,8-9,11-12H2,1-3H3. The van der Waals surface area contributed by atoms with E-state index in [-0.39, 0.29) is 16.9 Å².